The first-order valence-corrected chi connectivity index (χ1v) is 8.34. The second kappa shape index (κ2) is 6.62. The fourth-order valence-electron chi connectivity index (χ4n) is 2.85. The molecule has 0 saturated heterocycles. The van der Waals surface area contributed by atoms with E-state index in [0.29, 0.717) is 27.8 Å². The fourth-order valence-corrected chi connectivity index (χ4v) is 2.85. The maximum absolute atomic E-state index is 13.3. The molecule has 0 saturated carbocycles. The van der Waals surface area contributed by atoms with E-state index in [1.807, 2.05) is 0 Å². The van der Waals surface area contributed by atoms with Crippen molar-refractivity contribution < 1.29 is 14.0 Å². The smallest absolute Gasteiger partial charge is 0.278 e. The number of rotatable bonds is 4. The second-order valence-electron chi connectivity index (χ2n) is 6.21. The first-order valence-electron chi connectivity index (χ1n) is 8.34. The fraction of sp³-hybridized carbons (Fsp3) is 0.0526. The number of carbonyl (C=O) groups excluding carboxylic acids is 2. The summed E-state index contributed by atoms with van der Waals surface area (Å²) in [6.45, 7) is 1.76. The molecule has 0 spiro atoms. The van der Waals surface area contributed by atoms with E-state index in [1.165, 1.54) is 16.8 Å². The Morgan fingerprint density at radius 1 is 1.18 bits per heavy atom. The van der Waals surface area contributed by atoms with Crippen molar-refractivity contribution in [1.29, 1.82) is 0 Å². The number of aromatic nitrogens is 4. The lowest BCUT2D eigenvalue weighted by molar-refractivity contribution is 0.0997. The number of primary amides is 1. The summed E-state index contributed by atoms with van der Waals surface area (Å²) in [6.07, 6.45) is 1.62. The van der Waals surface area contributed by atoms with Gasteiger partial charge in [0.25, 0.3) is 5.91 Å². The molecule has 0 bridgehead atoms. The van der Waals surface area contributed by atoms with Gasteiger partial charge in [0.15, 0.2) is 5.69 Å². The summed E-state index contributed by atoms with van der Waals surface area (Å²) < 4.78 is 14.8. The molecule has 0 unspecified atom stereocenters. The predicted octanol–water partition coefficient (Wildman–Crippen LogP) is 2.55. The van der Waals surface area contributed by atoms with Crippen molar-refractivity contribution in [2.45, 2.75) is 6.92 Å². The molecule has 28 heavy (non-hydrogen) atoms. The topological polar surface area (TPSA) is 119 Å². The Kier molecular flexibility index (Phi) is 4.11. The third-order valence-electron chi connectivity index (χ3n) is 4.23. The van der Waals surface area contributed by atoms with E-state index in [9.17, 15) is 14.0 Å². The summed E-state index contributed by atoms with van der Waals surface area (Å²) in [6, 6.07) is 10.6. The summed E-state index contributed by atoms with van der Waals surface area (Å²) in [4.78, 5) is 30.9. The van der Waals surface area contributed by atoms with Crippen LogP contribution in [0.4, 0.5) is 10.3 Å². The first kappa shape index (κ1) is 17.4. The number of nitrogens with zero attached hydrogens (tertiary/aromatic N) is 3. The quantitative estimate of drug-likeness (QED) is 0.506. The van der Waals surface area contributed by atoms with Gasteiger partial charge < -0.3 is 10.7 Å². The van der Waals surface area contributed by atoms with Crippen LogP contribution < -0.4 is 11.1 Å². The second-order valence-corrected chi connectivity index (χ2v) is 6.21. The molecule has 0 aliphatic heterocycles. The van der Waals surface area contributed by atoms with E-state index >= 15 is 0 Å². The number of hydrogen-bond donors (Lipinski definition) is 3. The average Bonchev–Trinajstić information content (AvgIpc) is 3.27. The highest BCUT2D eigenvalue weighted by Crippen LogP contribution is 2.18. The van der Waals surface area contributed by atoms with Crippen molar-refractivity contribution in [1.82, 2.24) is 19.7 Å². The molecule has 0 aliphatic rings. The van der Waals surface area contributed by atoms with Crippen LogP contribution in [0.5, 0.6) is 0 Å². The van der Waals surface area contributed by atoms with Crippen LogP contribution in [0.2, 0.25) is 0 Å². The van der Waals surface area contributed by atoms with Gasteiger partial charge in [0.05, 0.1) is 16.7 Å². The molecule has 9 heteroatoms. The molecule has 2 amide bonds. The summed E-state index contributed by atoms with van der Waals surface area (Å²) in [7, 11) is 0. The molecule has 2 aromatic carbocycles. The monoisotopic (exact) mass is 378 g/mol. The van der Waals surface area contributed by atoms with Crippen LogP contribution >= 0.6 is 0 Å². The number of hydrogen-bond acceptors (Lipinski definition) is 4. The molecule has 4 N–H and O–H groups in total. The highest BCUT2D eigenvalue weighted by Gasteiger charge is 2.14. The number of anilines is 1. The van der Waals surface area contributed by atoms with Crippen molar-refractivity contribution in [2.24, 2.45) is 5.73 Å². The molecule has 0 aliphatic carbocycles. The Morgan fingerprint density at radius 3 is 2.75 bits per heavy atom. The van der Waals surface area contributed by atoms with Crippen LogP contribution in [0.1, 0.15) is 26.4 Å². The van der Waals surface area contributed by atoms with Gasteiger partial charge in [-0.05, 0) is 55.0 Å². The number of carbonyl (C=O) groups is 2. The van der Waals surface area contributed by atoms with E-state index in [-0.39, 0.29) is 17.5 Å². The van der Waals surface area contributed by atoms with Crippen LogP contribution in [0, 0.1) is 12.7 Å². The first-order chi connectivity index (χ1) is 13.4. The number of amides is 2. The Morgan fingerprint density at radius 2 is 2.00 bits per heavy atom. The normalized spacial score (nSPS) is 10.9. The molecule has 8 nitrogen and oxygen atoms in total. The van der Waals surface area contributed by atoms with Gasteiger partial charge in [-0.15, -0.1) is 0 Å². The van der Waals surface area contributed by atoms with Gasteiger partial charge >= 0.3 is 0 Å². The van der Waals surface area contributed by atoms with Gasteiger partial charge in [0.2, 0.25) is 11.9 Å². The van der Waals surface area contributed by atoms with Crippen molar-refractivity contribution in [2.75, 3.05) is 5.32 Å². The van der Waals surface area contributed by atoms with Gasteiger partial charge in [0.1, 0.15) is 5.82 Å². The minimum Gasteiger partial charge on any atom is -0.366 e. The average molecular weight is 378 g/mol. The number of aromatic amines is 1. The van der Waals surface area contributed by atoms with E-state index < -0.39 is 11.8 Å². The Bertz CT molecular complexity index is 1230. The van der Waals surface area contributed by atoms with Crippen LogP contribution in [0.3, 0.4) is 0 Å². The molecule has 0 radical (unpaired) electrons. The third kappa shape index (κ3) is 3.20. The SMILES string of the molecule is Cc1cc(F)ccc1-n1ccc(C(=O)Nc2nc3ccc(C(N)=O)cc3[nH]2)n1. The van der Waals surface area contributed by atoms with Crippen molar-refractivity contribution in [3.8, 4) is 5.69 Å². The molecule has 4 rings (SSSR count). The summed E-state index contributed by atoms with van der Waals surface area (Å²) in [5.41, 5.74) is 8.27. The van der Waals surface area contributed by atoms with Gasteiger partial charge in [-0.25, -0.2) is 14.1 Å². The zero-order valence-electron chi connectivity index (χ0n) is 14.7. The zero-order valence-corrected chi connectivity index (χ0v) is 14.7. The number of H-pyrrole nitrogens is 1. The van der Waals surface area contributed by atoms with E-state index in [4.69, 9.17) is 5.73 Å². The lowest BCUT2D eigenvalue weighted by atomic mass is 10.2. The van der Waals surface area contributed by atoms with E-state index in [1.54, 1.807) is 43.5 Å². The Labute approximate surface area is 158 Å². The van der Waals surface area contributed by atoms with Crippen molar-refractivity contribution in [3.05, 3.63) is 71.3 Å². The van der Waals surface area contributed by atoms with Crippen LogP contribution in [0.25, 0.3) is 16.7 Å². The third-order valence-corrected chi connectivity index (χ3v) is 4.23. The largest absolute Gasteiger partial charge is 0.366 e. The summed E-state index contributed by atoms with van der Waals surface area (Å²) in [5.74, 6) is -1.14. The molecule has 140 valence electrons. The van der Waals surface area contributed by atoms with Gasteiger partial charge in [-0.2, -0.15) is 5.10 Å². The molecule has 2 aromatic heterocycles. The summed E-state index contributed by atoms with van der Waals surface area (Å²) >= 11 is 0. The predicted molar refractivity (Wildman–Crippen MR) is 101 cm³/mol. The van der Waals surface area contributed by atoms with Gasteiger partial charge in [-0.1, -0.05) is 0 Å². The van der Waals surface area contributed by atoms with Crippen LogP contribution in [-0.2, 0) is 0 Å². The molecular formula is C19H15FN6O2. The highest BCUT2D eigenvalue weighted by atomic mass is 19.1. The van der Waals surface area contributed by atoms with Gasteiger partial charge in [-0.3, -0.25) is 14.9 Å². The summed E-state index contributed by atoms with van der Waals surface area (Å²) in [5, 5.41) is 6.86. The standard InChI is InChI=1S/C19H15FN6O2/c1-10-8-12(20)3-5-16(10)26-7-6-14(25-26)18(28)24-19-22-13-4-2-11(17(21)27)9-15(13)23-19/h2-9H,1H3,(H2,21,27)(H2,22,23,24,28). The van der Waals surface area contributed by atoms with Crippen LogP contribution in [-0.4, -0.2) is 31.6 Å². The van der Waals surface area contributed by atoms with Gasteiger partial charge in [0, 0.05) is 11.8 Å². The molecular weight excluding hydrogens is 363 g/mol. The minimum atomic E-state index is -0.552. The van der Waals surface area contributed by atoms with E-state index in [0.717, 1.165) is 0 Å². The number of aryl methyl sites for hydroxylation is 1. The molecule has 4 aromatic rings. The lowest BCUT2D eigenvalue weighted by Crippen LogP contribution is -2.14. The maximum Gasteiger partial charge on any atom is 0.278 e. The minimum absolute atomic E-state index is 0.169. The van der Waals surface area contributed by atoms with Crippen molar-refractivity contribution >= 4 is 28.8 Å². The molecule has 0 fully saturated rings. The number of nitrogens with two attached hydrogens (primary N) is 1. The van der Waals surface area contributed by atoms with Crippen molar-refractivity contribution in [3.63, 3.8) is 0 Å². The Hall–Kier alpha value is -4.01. The number of fused-ring (bicyclic) bond motifs is 1. The van der Waals surface area contributed by atoms with E-state index in [2.05, 4.69) is 20.4 Å². The highest BCUT2D eigenvalue weighted by molar-refractivity contribution is 6.03. The lowest BCUT2D eigenvalue weighted by Gasteiger charge is -2.05. The molecule has 0 atom stereocenters. The van der Waals surface area contributed by atoms with Crippen LogP contribution in [0.15, 0.2) is 48.7 Å². The molecule has 2 heterocycles. The number of nitrogens with one attached hydrogen (secondary N) is 2. The number of imidazole rings is 1. The zero-order chi connectivity index (χ0) is 19.8. The maximum atomic E-state index is 13.3. The Balaban J connectivity index is 1.56. The number of benzene rings is 2. The number of halogens is 1.